The second-order valence-corrected chi connectivity index (χ2v) is 9.41. The number of aromatic nitrogens is 1. The number of alkyl halides is 2. The van der Waals surface area contributed by atoms with E-state index in [9.17, 15) is 18.4 Å². The number of carbonyl (C=O) groups excluding carboxylic acids is 2. The molecule has 1 atom stereocenters. The van der Waals surface area contributed by atoms with E-state index in [-0.39, 0.29) is 18.6 Å². The van der Waals surface area contributed by atoms with Gasteiger partial charge in [0, 0.05) is 29.8 Å². The molecule has 3 aromatic rings. The van der Waals surface area contributed by atoms with Crippen LogP contribution in [0.5, 0.6) is 5.75 Å². The van der Waals surface area contributed by atoms with Crippen LogP contribution in [0.25, 0.3) is 17.2 Å². The Morgan fingerprint density at radius 1 is 1.15 bits per heavy atom. The van der Waals surface area contributed by atoms with Crippen LogP contribution < -0.4 is 15.8 Å². The summed E-state index contributed by atoms with van der Waals surface area (Å²) in [5.74, 6) is -2.72. The van der Waals surface area contributed by atoms with Crippen molar-refractivity contribution in [3.05, 3.63) is 82.5 Å². The van der Waals surface area contributed by atoms with Gasteiger partial charge in [-0.2, -0.15) is 0 Å². The number of anilines is 1. The Bertz CT molecular complexity index is 1390. The van der Waals surface area contributed by atoms with Gasteiger partial charge in [0.15, 0.2) is 0 Å². The molecule has 0 spiro atoms. The summed E-state index contributed by atoms with van der Waals surface area (Å²) in [4.78, 5) is 30.4. The smallest absolute Gasteiger partial charge is 0.282 e. The van der Waals surface area contributed by atoms with Crippen molar-refractivity contribution in [2.24, 2.45) is 0 Å². The van der Waals surface area contributed by atoms with Gasteiger partial charge in [-0.05, 0) is 47.0 Å². The van der Waals surface area contributed by atoms with Crippen LogP contribution in [-0.4, -0.2) is 53.4 Å². The topological polar surface area (TPSA) is 97.5 Å². The van der Waals surface area contributed by atoms with Gasteiger partial charge in [0.25, 0.3) is 11.8 Å². The number of nitrogen functional groups attached to an aromatic ring is 1. The fourth-order valence-electron chi connectivity index (χ4n) is 4.42. The summed E-state index contributed by atoms with van der Waals surface area (Å²) >= 11 is 6.40. The van der Waals surface area contributed by atoms with E-state index in [1.807, 2.05) is 13.8 Å². The van der Waals surface area contributed by atoms with E-state index in [1.165, 1.54) is 6.08 Å². The van der Waals surface area contributed by atoms with Gasteiger partial charge >= 0.3 is 0 Å². The molecule has 1 aromatic heterocycles. The number of hydrogen-bond donors (Lipinski definition) is 2. The number of halogens is 3. The number of nitrogens with zero attached hydrogens (tertiary/aromatic N) is 2. The lowest BCUT2D eigenvalue weighted by atomic mass is 9.92. The Morgan fingerprint density at radius 3 is 2.59 bits per heavy atom. The number of fused-ring (bicyclic) bond motifs is 1. The number of nitrogens with one attached hydrogen (secondary N) is 1. The lowest BCUT2D eigenvalue weighted by Gasteiger charge is -2.39. The van der Waals surface area contributed by atoms with E-state index in [1.54, 1.807) is 60.8 Å². The van der Waals surface area contributed by atoms with Gasteiger partial charge in [-0.3, -0.25) is 9.59 Å². The number of benzene rings is 2. The monoisotopic (exact) mass is 554 g/mol. The second-order valence-electron chi connectivity index (χ2n) is 9.00. The SMILES string of the molecule is CC.Nc1ccc(/C=C/C(=O)NCC2Cc3c(-c4ccccc4C(=O)N4CC(F)(F)C4)ccc(Cl)c3O2)cn1. The van der Waals surface area contributed by atoms with E-state index in [2.05, 4.69) is 10.3 Å². The van der Waals surface area contributed by atoms with Crippen molar-refractivity contribution in [2.75, 3.05) is 25.4 Å². The molecule has 2 aromatic carbocycles. The van der Waals surface area contributed by atoms with Gasteiger partial charge in [0.2, 0.25) is 5.91 Å². The summed E-state index contributed by atoms with van der Waals surface area (Å²) in [5.41, 5.74) is 8.78. The quantitative estimate of drug-likeness (QED) is 0.406. The third kappa shape index (κ3) is 6.37. The summed E-state index contributed by atoms with van der Waals surface area (Å²) in [6, 6.07) is 13.8. The Kier molecular flexibility index (Phi) is 8.50. The third-order valence-corrected chi connectivity index (χ3v) is 6.55. The van der Waals surface area contributed by atoms with Crippen LogP contribution in [0.1, 0.15) is 35.3 Å². The van der Waals surface area contributed by atoms with E-state index < -0.39 is 24.9 Å². The summed E-state index contributed by atoms with van der Waals surface area (Å²) in [5, 5.41) is 3.23. The molecule has 0 bridgehead atoms. The van der Waals surface area contributed by atoms with Gasteiger partial charge in [0.05, 0.1) is 24.7 Å². The first-order chi connectivity index (χ1) is 18.7. The van der Waals surface area contributed by atoms with E-state index in [4.69, 9.17) is 22.1 Å². The average molecular weight is 555 g/mol. The second kappa shape index (κ2) is 11.8. The molecule has 2 aliphatic heterocycles. The predicted molar refractivity (Wildman–Crippen MR) is 148 cm³/mol. The predicted octanol–water partition coefficient (Wildman–Crippen LogP) is 5.23. The fraction of sp³-hybridized carbons (Fsp3) is 0.276. The first-order valence-electron chi connectivity index (χ1n) is 12.6. The maximum Gasteiger partial charge on any atom is 0.282 e. The molecule has 3 heterocycles. The van der Waals surface area contributed by atoms with Crippen molar-refractivity contribution < 1.29 is 23.1 Å². The molecule has 39 heavy (non-hydrogen) atoms. The molecule has 2 aliphatic rings. The molecule has 3 N–H and O–H groups in total. The first-order valence-corrected chi connectivity index (χ1v) is 13.0. The number of pyridine rings is 1. The number of nitrogens with two attached hydrogens (primary N) is 1. The van der Waals surface area contributed by atoms with Crippen molar-refractivity contribution in [3.8, 4) is 16.9 Å². The van der Waals surface area contributed by atoms with Crippen LogP contribution in [0.15, 0.2) is 60.8 Å². The maximum atomic E-state index is 13.4. The zero-order valence-electron chi connectivity index (χ0n) is 21.6. The molecular formula is C29H29ClF2N4O3. The normalized spacial score (nSPS) is 16.9. The van der Waals surface area contributed by atoms with Crippen molar-refractivity contribution in [1.29, 1.82) is 0 Å². The highest BCUT2D eigenvalue weighted by molar-refractivity contribution is 6.32. The molecule has 1 fully saturated rings. The van der Waals surface area contributed by atoms with Gasteiger partial charge in [0.1, 0.15) is 17.7 Å². The molecule has 204 valence electrons. The fourth-order valence-corrected chi connectivity index (χ4v) is 4.64. The summed E-state index contributed by atoms with van der Waals surface area (Å²) < 4.78 is 32.8. The Morgan fingerprint density at radius 2 is 1.90 bits per heavy atom. The minimum absolute atomic E-state index is 0.233. The van der Waals surface area contributed by atoms with E-state index in [0.717, 1.165) is 21.6 Å². The lowest BCUT2D eigenvalue weighted by molar-refractivity contribution is -0.116. The summed E-state index contributed by atoms with van der Waals surface area (Å²) in [7, 11) is 0. The molecule has 0 saturated carbocycles. The van der Waals surface area contributed by atoms with E-state index in [0.29, 0.717) is 34.1 Å². The van der Waals surface area contributed by atoms with Crippen molar-refractivity contribution in [2.45, 2.75) is 32.3 Å². The Hall–Kier alpha value is -3.98. The number of hydrogen-bond acceptors (Lipinski definition) is 5. The summed E-state index contributed by atoms with van der Waals surface area (Å²) in [6.07, 6.45) is 4.66. The average Bonchev–Trinajstić information content (AvgIpc) is 3.36. The van der Waals surface area contributed by atoms with Crippen LogP contribution in [0.4, 0.5) is 14.6 Å². The third-order valence-electron chi connectivity index (χ3n) is 6.25. The highest BCUT2D eigenvalue weighted by Crippen LogP contribution is 2.43. The molecule has 2 amide bonds. The molecule has 0 radical (unpaired) electrons. The molecule has 1 saturated heterocycles. The van der Waals surface area contributed by atoms with Gasteiger partial charge in [-0.15, -0.1) is 0 Å². The zero-order valence-corrected chi connectivity index (χ0v) is 22.3. The largest absolute Gasteiger partial charge is 0.486 e. The molecule has 0 aliphatic carbocycles. The van der Waals surface area contributed by atoms with Crippen LogP contribution >= 0.6 is 11.6 Å². The number of rotatable bonds is 6. The minimum atomic E-state index is -2.85. The van der Waals surface area contributed by atoms with Gasteiger partial charge in [-0.1, -0.05) is 49.7 Å². The molecule has 5 rings (SSSR count). The molecule has 7 nitrogen and oxygen atoms in total. The van der Waals surface area contributed by atoms with Crippen molar-refractivity contribution in [1.82, 2.24) is 15.2 Å². The number of carbonyl (C=O) groups is 2. The Labute approximate surface area is 230 Å². The van der Waals surface area contributed by atoms with Crippen LogP contribution in [0, 0.1) is 0 Å². The van der Waals surface area contributed by atoms with Crippen molar-refractivity contribution in [3.63, 3.8) is 0 Å². The number of amides is 2. The first kappa shape index (κ1) is 28.0. The Balaban J connectivity index is 0.00000172. The minimum Gasteiger partial charge on any atom is -0.486 e. The maximum absolute atomic E-state index is 13.4. The van der Waals surface area contributed by atoms with Crippen molar-refractivity contribution >= 4 is 35.3 Å². The lowest BCUT2D eigenvalue weighted by Crippen LogP contribution is -2.58. The number of ether oxygens (including phenoxy) is 1. The highest BCUT2D eigenvalue weighted by Gasteiger charge is 2.46. The van der Waals surface area contributed by atoms with Gasteiger partial charge < -0.3 is 20.7 Å². The standard InChI is InChI=1S/C27H23ClF2N4O3.C2H6/c28-22-8-7-19(18-3-1-2-4-20(18)26(36)34-14-27(29,30)15-34)21-11-17(37-25(21)22)13-33-24(35)10-6-16-5-9-23(31)32-12-16;1-2/h1-10,12,17H,11,13-15H2,(H2,31,32)(H,33,35);1-2H3/b10-6+;. The zero-order chi connectivity index (χ0) is 28.2. The van der Waals surface area contributed by atoms with Crippen LogP contribution in [0.3, 0.4) is 0 Å². The van der Waals surface area contributed by atoms with E-state index >= 15 is 0 Å². The van der Waals surface area contributed by atoms with Crippen LogP contribution in [0.2, 0.25) is 5.02 Å². The highest BCUT2D eigenvalue weighted by atomic mass is 35.5. The molecular weight excluding hydrogens is 526 g/mol. The summed E-state index contributed by atoms with van der Waals surface area (Å²) in [6.45, 7) is 3.05. The molecule has 1 unspecified atom stereocenters. The number of likely N-dealkylation sites (tertiary alicyclic amines) is 1. The molecule has 10 heteroatoms. The van der Waals surface area contributed by atoms with Gasteiger partial charge in [-0.25, -0.2) is 13.8 Å². The van der Waals surface area contributed by atoms with Crippen LogP contribution in [-0.2, 0) is 11.2 Å².